The van der Waals surface area contributed by atoms with Gasteiger partial charge in [-0.1, -0.05) is 33.3 Å². The molecule has 4 atom stereocenters. The van der Waals surface area contributed by atoms with Gasteiger partial charge in [-0.2, -0.15) is 13.2 Å². The Balaban J connectivity index is 0.00000103. The van der Waals surface area contributed by atoms with E-state index >= 15 is 0 Å². The Hall–Kier alpha value is -1.65. The average Bonchev–Trinajstić information content (AvgIpc) is 2.71. The lowest BCUT2D eigenvalue weighted by Crippen LogP contribution is -2.51. The third kappa shape index (κ3) is 10.4. The van der Waals surface area contributed by atoms with Gasteiger partial charge in [-0.15, -0.1) is 0 Å². The Bertz CT molecular complexity index is 537. The van der Waals surface area contributed by atoms with E-state index in [-0.39, 0.29) is 30.7 Å². The van der Waals surface area contributed by atoms with Crippen molar-refractivity contribution in [1.29, 1.82) is 0 Å². The molecule has 0 radical (unpaired) electrons. The molecule has 1 aliphatic heterocycles. The molecule has 0 unspecified atom stereocenters. The highest BCUT2D eigenvalue weighted by molar-refractivity contribution is 5.78. The molecule has 0 aliphatic carbocycles. The van der Waals surface area contributed by atoms with Crippen LogP contribution in [0.1, 0.15) is 52.4 Å². The first-order valence-corrected chi connectivity index (χ1v) is 10.1. The minimum absolute atomic E-state index is 0.0113. The Kier molecular flexibility index (Phi) is 13.6. The molecule has 7 nitrogen and oxygen atoms in total. The number of nitrogens with one attached hydrogen (secondary N) is 1. The molecule has 30 heavy (non-hydrogen) atoms. The number of ether oxygens (including phenoxy) is 2. The van der Waals surface area contributed by atoms with Crippen molar-refractivity contribution in [3.63, 3.8) is 0 Å². The molecule has 1 fully saturated rings. The number of methoxy groups -OCH3 is 1. The highest BCUT2D eigenvalue weighted by atomic mass is 19.4. The zero-order valence-corrected chi connectivity index (χ0v) is 18.0. The van der Waals surface area contributed by atoms with Crippen LogP contribution in [0.25, 0.3) is 0 Å². The van der Waals surface area contributed by atoms with Crippen molar-refractivity contribution >= 4 is 11.9 Å². The van der Waals surface area contributed by atoms with Gasteiger partial charge in [0.15, 0.2) is 0 Å². The maximum atomic E-state index is 11.9. The standard InChI is InChI=1S/C18H34N2O3.C2HF3O2/c1-5-6-9-13(2)18(22-4)17(20-16(21)12-19)14(3)15-10-7-8-11-23-15;3-2(4,5)1(6)7/h13,15,17-18H,3,5-12,19H2,1-2,4H3,(H,20,21);(H,6,7)/t13-,15-,17+,18-;/m0./s1. The number of carbonyl (C=O) groups is 2. The Morgan fingerprint density at radius 2 is 1.97 bits per heavy atom. The van der Waals surface area contributed by atoms with Crippen LogP contribution in [0.15, 0.2) is 12.2 Å². The van der Waals surface area contributed by atoms with Gasteiger partial charge < -0.3 is 25.6 Å². The normalized spacial score (nSPS) is 19.6. The zero-order chi connectivity index (χ0) is 23.3. The summed E-state index contributed by atoms with van der Waals surface area (Å²) < 4.78 is 43.3. The maximum Gasteiger partial charge on any atom is 0.490 e. The van der Waals surface area contributed by atoms with Gasteiger partial charge in [0.05, 0.1) is 24.8 Å². The fourth-order valence-corrected chi connectivity index (χ4v) is 3.24. The van der Waals surface area contributed by atoms with Gasteiger partial charge in [0, 0.05) is 13.7 Å². The molecule has 0 aromatic rings. The Morgan fingerprint density at radius 1 is 1.37 bits per heavy atom. The van der Waals surface area contributed by atoms with Crippen LogP contribution >= 0.6 is 0 Å². The van der Waals surface area contributed by atoms with Crippen LogP contribution in [-0.4, -0.2) is 61.7 Å². The molecule has 10 heteroatoms. The van der Waals surface area contributed by atoms with Gasteiger partial charge in [-0.05, 0) is 37.2 Å². The predicted molar refractivity (Wildman–Crippen MR) is 107 cm³/mol. The van der Waals surface area contributed by atoms with Crippen LogP contribution in [0, 0.1) is 5.92 Å². The van der Waals surface area contributed by atoms with Crippen molar-refractivity contribution in [2.75, 3.05) is 20.3 Å². The van der Waals surface area contributed by atoms with Crippen molar-refractivity contribution in [3.8, 4) is 0 Å². The van der Waals surface area contributed by atoms with Crippen molar-refractivity contribution in [3.05, 3.63) is 12.2 Å². The summed E-state index contributed by atoms with van der Waals surface area (Å²) in [5.41, 5.74) is 6.39. The molecule has 176 valence electrons. The van der Waals surface area contributed by atoms with E-state index in [2.05, 4.69) is 25.7 Å². The molecular formula is C20H35F3N2O5. The molecule has 0 spiro atoms. The van der Waals surface area contributed by atoms with E-state index < -0.39 is 12.1 Å². The first-order chi connectivity index (χ1) is 14.0. The maximum absolute atomic E-state index is 11.9. The molecule has 4 N–H and O–H groups in total. The van der Waals surface area contributed by atoms with Gasteiger partial charge in [-0.25, -0.2) is 4.79 Å². The first kappa shape index (κ1) is 28.4. The van der Waals surface area contributed by atoms with E-state index in [1.54, 1.807) is 7.11 Å². The van der Waals surface area contributed by atoms with Gasteiger partial charge in [-0.3, -0.25) is 4.79 Å². The highest BCUT2D eigenvalue weighted by Gasteiger charge is 2.38. The van der Waals surface area contributed by atoms with Crippen molar-refractivity contribution in [2.45, 2.75) is 76.8 Å². The van der Waals surface area contributed by atoms with Crippen molar-refractivity contribution in [2.24, 2.45) is 11.7 Å². The van der Waals surface area contributed by atoms with E-state index in [9.17, 15) is 18.0 Å². The Labute approximate surface area is 176 Å². The zero-order valence-electron chi connectivity index (χ0n) is 18.0. The monoisotopic (exact) mass is 440 g/mol. The number of carbonyl (C=O) groups excluding carboxylic acids is 1. The number of unbranched alkanes of at least 4 members (excludes halogenated alkanes) is 1. The number of halogens is 3. The summed E-state index contributed by atoms with van der Waals surface area (Å²) in [6.07, 6.45) is 1.31. The summed E-state index contributed by atoms with van der Waals surface area (Å²) in [6, 6.07) is -0.258. The highest BCUT2D eigenvalue weighted by Crippen LogP contribution is 2.27. The molecule has 1 saturated heterocycles. The first-order valence-electron chi connectivity index (χ1n) is 10.1. The average molecular weight is 441 g/mol. The summed E-state index contributed by atoms with van der Waals surface area (Å²) in [7, 11) is 1.70. The largest absolute Gasteiger partial charge is 0.490 e. The lowest BCUT2D eigenvalue weighted by Gasteiger charge is -2.36. The summed E-state index contributed by atoms with van der Waals surface area (Å²) in [4.78, 5) is 20.8. The summed E-state index contributed by atoms with van der Waals surface area (Å²) >= 11 is 0. The minimum atomic E-state index is -5.08. The van der Waals surface area contributed by atoms with Crippen LogP contribution in [-0.2, 0) is 19.1 Å². The van der Waals surface area contributed by atoms with Gasteiger partial charge in [0.25, 0.3) is 0 Å². The second-order valence-electron chi connectivity index (χ2n) is 7.30. The second-order valence-corrected chi connectivity index (χ2v) is 7.30. The van der Waals surface area contributed by atoms with Crippen molar-refractivity contribution < 1.29 is 37.3 Å². The SMILES string of the molecule is C=C([C@@H]1CCCCO1)[C@@H](NC(=O)CN)[C@@H](OC)[C@@H](C)CCCC.O=C(O)C(F)(F)F. The van der Waals surface area contributed by atoms with Gasteiger partial charge in [0.1, 0.15) is 0 Å². The van der Waals surface area contributed by atoms with E-state index in [4.69, 9.17) is 25.1 Å². The smallest absolute Gasteiger partial charge is 0.475 e. The van der Waals surface area contributed by atoms with Crippen LogP contribution in [0.3, 0.4) is 0 Å². The number of rotatable bonds is 10. The lowest BCUT2D eigenvalue weighted by molar-refractivity contribution is -0.192. The van der Waals surface area contributed by atoms with E-state index in [0.717, 1.165) is 50.7 Å². The molecule has 0 aromatic heterocycles. The summed E-state index contributed by atoms with van der Waals surface area (Å²) in [5, 5.41) is 10.1. The molecule has 1 heterocycles. The van der Waals surface area contributed by atoms with Crippen LogP contribution < -0.4 is 11.1 Å². The number of alkyl halides is 3. The van der Waals surface area contributed by atoms with E-state index in [1.807, 2.05) is 0 Å². The number of carboxylic acids is 1. The number of amides is 1. The fourth-order valence-electron chi connectivity index (χ4n) is 3.24. The number of nitrogens with two attached hydrogens (primary N) is 1. The van der Waals surface area contributed by atoms with E-state index in [1.165, 1.54) is 0 Å². The Morgan fingerprint density at radius 3 is 2.37 bits per heavy atom. The molecule has 0 aromatic carbocycles. The predicted octanol–water partition coefficient (Wildman–Crippen LogP) is 3.03. The molecule has 0 bridgehead atoms. The molecule has 1 rings (SSSR count). The second kappa shape index (κ2) is 14.4. The van der Waals surface area contributed by atoms with Gasteiger partial charge in [0.2, 0.25) is 5.91 Å². The molecule has 0 saturated carbocycles. The third-order valence-corrected chi connectivity index (χ3v) is 4.91. The summed E-state index contributed by atoms with van der Waals surface area (Å²) in [5.74, 6) is -2.62. The van der Waals surface area contributed by atoms with Crippen LogP contribution in [0.5, 0.6) is 0 Å². The number of hydrogen-bond acceptors (Lipinski definition) is 5. The molecular weight excluding hydrogens is 405 g/mol. The third-order valence-electron chi connectivity index (χ3n) is 4.91. The minimum Gasteiger partial charge on any atom is -0.475 e. The topological polar surface area (TPSA) is 111 Å². The number of aliphatic carboxylic acids is 1. The van der Waals surface area contributed by atoms with E-state index in [0.29, 0.717) is 5.92 Å². The lowest BCUT2D eigenvalue weighted by atomic mass is 9.86. The molecule has 1 aliphatic rings. The van der Waals surface area contributed by atoms with Gasteiger partial charge >= 0.3 is 12.1 Å². The van der Waals surface area contributed by atoms with Crippen LogP contribution in [0.2, 0.25) is 0 Å². The fraction of sp³-hybridized carbons (Fsp3) is 0.800. The van der Waals surface area contributed by atoms with Crippen molar-refractivity contribution in [1.82, 2.24) is 5.32 Å². The number of hydrogen-bond donors (Lipinski definition) is 3. The quantitative estimate of drug-likeness (QED) is 0.451. The summed E-state index contributed by atoms with van der Waals surface area (Å²) in [6.45, 7) is 9.30. The number of carboxylic acid groups (broad SMARTS) is 1. The molecule has 1 amide bonds. The van der Waals surface area contributed by atoms with Crippen LogP contribution in [0.4, 0.5) is 13.2 Å².